The van der Waals surface area contributed by atoms with Crippen molar-refractivity contribution in [3.05, 3.63) is 65.5 Å². The van der Waals surface area contributed by atoms with Crippen molar-refractivity contribution in [1.29, 1.82) is 0 Å². The SMILES string of the molecule is CN(Cc1ccc(C#CCCO)cc1)c1ccc(F)cc1. The maximum Gasteiger partial charge on any atom is 0.123 e. The summed E-state index contributed by atoms with van der Waals surface area (Å²) in [4.78, 5) is 2.06. The van der Waals surface area contributed by atoms with E-state index in [1.165, 1.54) is 12.1 Å². The molecule has 0 unspecified atom stereocenters. The minimum absolute atomic E-state index is 0.0908. The number of anilines is 1. The van der Waals surface area contributed by atoms with E-state index in [2.05, 4.69) is 16.7 Å². The molecule has 0 aromatic heterocycles. The Morgan fingerprint density at radius 3 is 2.33 bits per heavy atom. The van der Waals surface area contributed by atoms with Gasteiger partial charge in [0.05, 0.1) is 6.61 Å². The number of rotatable bonds is 4. The Balaban J connectivity index is 2.00. The van der Waals surface area contributed by atoms with E-state index in [1.54, 1.807) is 12.1 Å². The molecule has 2 aromatic carbocycles. The molecule has 0 heterocycles. The zero-order valence-corrected chi connectivity index (χ0v) is 12.0. The lowest BCUT2D eigenvalue weighted by Gasteiger charge is -2.19. The smallest absolute Gasteiger partial charge is 0.123 e. The molecule has 0 atom stereocenters. The molecule has 0 fully saturated rings. The van der Waals surface area contributed by atoms with Crippen LogP contribution in [-0.2, 0) is 6.54 Å². The van der Waals surface area contributed by atoms with Crippen molar-refractivity contribution in [3.63, 3.8) is 0 Å². The Morgan fingerprint density at radius 1 is 1.05 bits per heavy atom. The van der Waals surface area contributed by atoms with E-state index in [4.69, 9.17) is 5.11 Å². The molecule has 0 amide bonds. The van der Waals surface area contributed by atoms with Gasteiger partial charge in [0, 0.05) is 31.3 Å². The van der Waals surface area contributed by atoms with Crippen molar-refractivity contribution >= 4 is 5.69 Å². The Morgan fingerprint density at radius 2 is 1.71 bits per heavy atom. The van der Waals surface area contributed by atoms with Crippen molar-refractivity contribution in [3.8, 4) is 11.8 Å². The van der Waals surface area contributed by atoms with Crippen LogP contribution >= 0.6 is 0 Å². The Bertz CT molecular complexity index is 623. The Kier molecular flexibility index (Phi) is 5.36. The lowest BCUT2D eigenvalue weighted by Crippen LogP contribution is -2.16. The molecule has 2 aromatic rings. The highest BCUT2D eigenvalue weighted by molar-refractivity contribution is 5.46. The van der Waals surface area contributed by atoms with E-state index in [-0.39, 0.29) is 12.4 Å². The molecule has 3 heteroatoms. The summed E-state index contributed by atoms with van der Waals surface area (Å²) in [6, 6.07) is 14.5. The highest BCUT2D eigenvalue weighted by Gasteiger charge is 2.02. The van der Waals surface area contributed by atoms with E-state index in [9.17, 15) is 4.39 Å². The van der Waals surface area contributed by atoms with Gasteiger partial charge in [-0.25, -0.2) is 4.39 Å². The van der Waals surface area contributed by atoms with E-state index in [1.807, 2.05) is 31.3 Å². The van der Waals surface area contributed by atoms with Gasteiger partial charge in [-0.3, -0.25) is 0 Å². The summed E-state index contributed by atoms with van der Waals surface area (Å²) in [7, 11) is 1.97. The van der Waals surface area contributed by atoms with Crippen LogP contribution in [0.3, 0.4) is 0 Å². The number of hydrogen-bond donors (Lipinski definition) is 1. The van der Waals surface area contributed by atoms with Gasteiger partial charge >= 0.3 is 0 Å². The van der Waals surface area contributed by atoms with Gasteiger partial charge in [0.15, 0.2) is 0 Å². The monoisotopic (exact) mass is 283 g/mol. The van der Waals surface area contributed by atoms with E-state index < -0.39 is 0 Å². The summed E-state index contributed by atoms with van der Waals surface area (Å²) in [6.45, 7) is 0.837. The minimum atomic E-state index is -0.224. The molecule has 0 aliphatic rings. The zero-order valence-electron chi connectivity index (χ0n) is 12.0. The third kappa shape index (κ3) is 4.62. The van der Waals surface area contributed by atoms with Crippen molar-refractivity contribution in [2.24, 2.45) is 0 Å². The predicted octanol–water partition coefficient (Wildman–Crippen LogP) is 3.20. The minimum Gasteiger partial charge on any atom is -0.395 e. The van der Waals surface area contributed by atoms with Crippen LogP contribution in [0.2, 0.25) is 0 Å². The average molecular weight is 283 g/mol. The molecule has 0 saturated heterocycles. The van der Waals surface area contributed by atoms with Gasteiger partial charge in [-0.2, -0.15) is 0 Å². The van der Waals surface area contributed by atoms with Crippen LogP contribution in [0.15, 0.2) is 48.5 Å². The predicted molar refractivity (Wildman–Crippen MR) is 83.5 cm³/mol. The molecule has 108 valence electrons. The number of hydrogen-bond acceptors (Lipinski definition) is 2. The van der Waals surface area contributed by atoms with Crippen molar-refractivity contribution in [2.75, 3.05) is 18.6 Å². The first-order valence-electron chi connectivity index (χ1n) is 6.84. The highest BCUT2D eigenvalue weighted by Crippen LogP contribution is 2.16. The summed E-state index contributed by atoms with van der Waals surface area (Å²) in [5.74, 6) is 5.67. The Hall–Kier alpha value is -2.31. The second-order valence-electron chi connectivity index (χ2n) is 4.80. The van der Waals surface area contributed by atoms with Crippen LogP contribution in [0.1, 0.15) is 17.5 Å². The van der Waals surface area contributed by atoms with Crippen LogP contribution in [0.4, 0.5) is 10.1 Å². The van der Waals surface area contributed by atoms with Crippen molar-refractivity contribution in [1.82, 2.24) is 0 Å². The number of benzene rings is 2. The fourth-order valence-electron chi connectivity index (χ4n) is 1.97. The topological polar surface area (TPSA) is 23.5 Å². The van der Waals surface area contributed by atoms with Gasteiger partial charge in [-0.15, -0.1) is 0 Å². The second kappa shape index (κ2) is 7.47. The molecular weight excluding hydrogens is 265 g/mol. The van der Waals surface area contributed by atoms with Crippen LogP contribution < -0.4 is 4.90 Å². The van der Waals surface area contributed by atoms with Crippen molar-refractivity contribution in [2.45, 2.75) is 13.0 Å². The number of halogens is 1. The maximum absolute atomic E-state index is 12.9. The highest BCUT2D eigenvalue weighted by atomic mass is 19.1. The first kappa shape index (κ1) is 15.1. The molecule has 0 aliphatic heterocycles. The molecule has 0 bridgehead atoms. The fraction of sp³-hybridized carbons (Fsp3) is 0.222. The van der Waals surface area contributed by atoms with Gasteiger partial charge in [-0.1, -0.05) is 24.0 Å². The second-order valence-corrected chi connectivity index (χ2v) is 4.80. The molecule has 2 rings (SSSR count). The van der Waals surface area contributed by atoms with E-state index >= 15 is 0 Å². The largest absolute Gasteiger partial charge is 0.395 e. The first-order chi connectivity index (χ1) is 10.2. The first-order valence-corrected chi connectivity index (χ1v) is 6.84. The van der Waals surface area contributed by atoms with Crippen LogP contribution in [0.25, 0.3) is 0 Å². The third-order valence-corrected chi connectivity index (χ3v) is 3.11. The normalized spacial score (nSPS) is 9.86. The van der Waals surface area contributed by atoms with Crippen LogP contribution in [0.5, 0.6) is 0 Å². The fourth-order valence-corrected chi connectivity index (χ4v) is 1.97. The summed E-state index contributed by atoms with van der Waals surface area (Å²) in [6.07, 6.45) is 0.495. The zero-order chi connectivity index (χ0) is 15.1. The van der Waals surface area contributed by atoms with E-state index in [0.717, 1.165) is 23.4 Å². The molecule has 0 spiro atoms. The quantitative estimate of drug-likeness (QED) is 0.871. The number of aliphatic hydroxyl groups excluding tert-OH is 1. The molecule has 1 N–H and O–H groups in total. The van der Waals surface area contributed by atoms with Crippen LogP contribution in [0, 0.1) is 17.7 Å². The molecule has 0 saturated carbocycles. The molecule has 0 aliphatic carbocycles. The lowest BCUT2D eigenvalue weighted by molar-refractivity contribution is 0.305. The maximum atomic E-state index is 12.9. The lowest BCUT2D eigenvalue weighted by atomic mass is 10.1. The molecule has 2 nitrogen and oxygen atoms in total. The summed E-state index contributed by atoms with van der Waals surface area (Å²) in [5.41, 5.74) is 3.08. The number of aliphatic hydroxyl groups is 1. The Labute approximate surface area is 124 Å². The van der Waals surface area contributed by atoms with E-state index in [0.29, 0.717) is 6.42 Å². The molecule has 0 radical (unpaired) electrons. The van der Waals surface area contributed by atoms with Crippen LogP contribution in [-0.4, -0.2) is 18.8 Å². The standard InChI is InChI=1S/C18H18FNO/c1-20(18-11-9-17(19)10-12-18)14-16-7-5-15(6-8-16)4-2-3-13-21/h5-12,21H,3,13-14H2,1H3. The van der Waals surface area contributed by atoms with Gasteiger partial charge in [0.2, 0.25) is 0 Å². The third-order valence-electron chi connectivity index (χ3n) is 3.11. The molecular formula is C18H18FNO. The van der Waals surface area contributed by atoms with Gasteiger partial charge < -0.3 is 10.0 Å². The molecule has 21 heavy (non-hydrogen) atoms. The summed E-state index contributed by atoms with van der Waals surface area (Å²) in [5, 5.41) is 8.68. The van der Waals surface area contributed by atoms with Crippen molar-refractivity contribution < 1.29 is 9.50 Å². The average Bonchev–Trinajstić information content (AvgIpc) is 2.50. The summed E-state index contributed by atoms with van der Waals surface area (Å²) < 4.78 is 12.9. The number of nitrogens with zero attached hydrogens (tertiary/aromatic N) is 1. The van der Waals surface area contributed by atoms with Gasteiger partial charge in [0.25, 0.3) is 0 Å². The summed E-state index contributed by atoms with van der Waals surface area (Å²) >= 11 is 0. The van der Waals surface area contributed by atoms with Gasteiger partial charge in [-0.05, 0) is 42.0 Å². The van der Waals surface area contributed by atoms with Gasteiger partial charge in [0.1, 0.15) is 5.82 Å².